The zero-order valence-electron chi connectivity index (χ0n) is 32.3. The van der Waals surface area contributed by atoms with Crippen LogP contribution in [-0.2, 0) is 15.4 Å². The smallest absolute Gasteiger partial charge is 0.261 e. The lowest BCUT2D eigenvalue weighted by Crippen LogP contribution is -2.67. The van der Waals surface area contributed by atoms with Crippen LogP contribution in [0.3, 0.4) is 0 Å². The lowest BCUT2D eigenvalue weighted by molar-refractivity contribution is 0.209. The Balaban J connectivity index is 1.51. The van der Waals surface area contributed by atoms with Crippen molar-refractivity contribution in [2.45, 2.75) is 70.6 Å². The third-order valence-corrected chi connectivity index (χ3v) is 20.2. The molecule has 5 rings (SSSR count). The highest BCUT2D eigenvalue weighted by Gasteiger charge is 2.51. The molecule has 0 amide bonds. The molecular weight excluding hydrogens is 675 g/mol. The van der Waals surface area contributed by atoms with Crippen LogP contribution in [0.2, 0.25) is 10.1 Å². The minimum absolute atomic E-state index is 0.00771. The van der Waals surface area contributed by atoms with Crippen molar-refractivity contribution in [1.82, 2.24) is 5.32 Å². The summed E-state index contributed by atoms with van der Waals surface area (Å²) in [7, 11) is -2.11. The first-order valence-electron chi connectivity index (χ1n) is 18.4. The molecule has 0 fully saturated rings. The zero-order valence-corrected chi connectivity index (χ0v) is 34.3. The van der Waals surface area contributed by atoms with Crippen molar-refractivity contribution < 1.29 is 18.3 Å². The van der Waals surface area contributed by atoms with Gasteiger partial charge >= 0.3 is 0 Å². The molecule has 5 aromatic rings. The van der Waals surface area contributed by atoms with Gasteiger partial charge in [-0.15, -0.1) is 0 Å². The van der Waals surface area contributed by atoms with Gasteiger partial charge in [0.15, 0.2) is 0 Å². The number of hydrogen-bond donors (Lipinski definition) is 1. The molecule has 0 aromatic heterocycles. The molecule has 5 nitrogen and oxygen atoms in total. The van der Waals surface area contributed by atoms with E-state index in [4.69, 9.17) is 18.3 Å². The molecule has 52 heavy (non-hydrogen) atoms. The molecule has 274 valence electrons. The quantitative estimate of drug-likeness (QED) is 0.106. The summed E-state index contributed by atoms with van der Waals surface area (Å²) in [6.45, 7) is 15.7. The van der Waals surface area contributed by atoms with Crippen LogP contribution in [0.1, 0.15) is 53.5 Å². The van der Waals surface area contributed by atoms with Gasteiger partial charge in [0.25, 0.3) is 16.6 Å². The molecule has 0 bridgehead atoms. The fourth-order valence-corrected chi connectivity index (χ4v) is 16.8. The molecule has 0 saturated carbocycles. The monoisotopic (exact) mass is 731 g/mol. The molecule has 0 heterocycles. The second-order valence-corrected chi connectivity index (χ2v) is 24.1. The Morgan fingerprint density at radius 1 is 0.538 bits per heavy atom. The van der Waals surface area contributed by atoms with Crippen molar-refractivity contribution in [3.05, 3.63) is 145 Å². The third kappa shape index (κ3) is 8.45. The van der Waals surface area contributed by atoms with Crippen LogP contribution in [0.25, 0.3) is 0 Å². The van der Waals surface area contributed by atoms with Crippen LogP contribution < -0.4 is 35.5 Å². The summed E-state index contributed by atoms with van der Waals surface area (Å²) in [5.41, 5.74) is 1.06. The van der Waals surface area contributed by atoms with Crippen molar-refractivity contribution in [1.29, 1.82) is 0 Å². The molecule has 0 radical (unpaired) electrons. The Kier molecular flexibility index (Phi) is 13.0. The van der Waals surface area contributed by atoms with Crippen LogP contribution in [0.15, 0.2) is 140 Å². The second kappa shape index (κ2) is 17.2. The number of hydrogen-bond acceptors (Lipinski definition) is 5. The first-order chi connectivity index (χ1) is 25.0. The molecule has 5 aromatic carbocycles. The Labute approximate surface area is 314 Å². The maximum atomic E-state index is 7.51. The van der Waals surface area contributed by atoms with Crippen LogP contribution in [-0.4, -0.2) is 50.1 Å². The summed E-state index contributed by atoms with van der Waals surface area (Å²) in [6, 6.07) is 49.5. The number of benzene rings is 5. The third-order valence-electron chi connectivity index (χ3n) is 10.2. The van der Waals surface area contributed by atoms with Gasteiger partial charge in [0, 0.05) is 30.8 Å². The van der Waals surface area contributed by atoms with E-state index in [1.807, 2.05) is 12.1 Å². The average molecular weight is 732 g/mol. The predicted molar refractivity (Wildman–Crippen MR) is 222 cm³/mol. The van der Waals surface area contributed by atoms with E-state index < -0.39 is 16.6 Å². The lowest BCUT2D eigenvalue weighted by Gasteiger charge is -2.44. The normalized spacial score (nSPS) is 13.1. The molecule has 0 aliphatic carbocycles. The highest BCUT2D eigenvalue weighted by Crippen LogP contribution is 2.38. The van der Waals surface area contributed by atoms with Crippen molar-refractivity contribution in [3.63, 3.8) is 0 Å². The molecule has 0 aliphatic heterocycles. The van der Waals surface area contributed by atoms with Gasteiger partial charge in [0.2, 0.25) is 0 Å². The van der Waals surface area contributed by atoms with Crippen molar-refractivity contribution in [2.75, 3.05) is 27.4 Å². The Hall–Kier alpha value is -3.99. The maximum absolute atomic E-state index is 7.51. The molecule has 0 unspecified atom stereocenters. The summed E-state index contributed by atoms with van der Waals surface area (Å²) in [4.78, 5) is 0. The first-order valence-corrected chi connectivity index (χ1v) is 22.2. The summed E-state index contributed by atoms with van der Waals surface area (Å²) in [5, 5.41) is 8.75. The average Bonchev–Trinajstić information content (AvgIpc) is 3.16. The van der Waals surface area contributed by atoms with E-state index in [9.17, 15) is 0 Å². The van der Waals surface area contributed by atoms with Crippen molar-refractivity contribution >= 4 is 37.4 Å². The van der Waals surface area contributed by atoms with E-state index in [0.29, 0.717) is 19.8 Å². The molecule has 0 saturated heterocycles. The van der Waals surface area contributed by atoms with Gasteiger partial charge in [0.1, 0.15) is 11.5 Å². The number of methoxy groups -OCH3 is 2. The van der Waals surface area contributed by atoms with Crippen LogP contribution in [0.4, 0.5) is 0 Å². The van der Waals surface area contributed by atoms with Crippen LogP contribution in [0, 0.1) is 0 Å². The summed E-state index contributed by atoms with van der Waals surface area (Å²) >= 11 is 0. The second-order valence-electron chi connectivity index (χ2n) is 15.5. The molecular formula is C45H57NO4Si2. The van der Waals surface area contributed by atoms with E-state index >= 15 is 0 Å². The largest absolute Gasteiger partial charge is 0.497 e. The van der Waals surface area contributed by atoms with E-state index in [2.05, 4.69) is 174 Å². The van der Waals surface area contributed by atoms with Gasteiger partial charge in [-0.3, -0.25) is 0 Å². The van der Waals surface area contributed by atoms with Gasteiger partial charge < -0.3 is 23.6 Å². The number of nitrogens with one attached hydrogen (secondary N) is 1. The number of ether oxygens (including phenoxy) is 2. The lowest BCUT2D eigenvalue weighted by atomic mass is 10.1. The van der Waals surface area contributed by atoms with Gasteiger partial charge in [-0.1, -0.05) is 169 Å². The maximum Gasteiger partial charge on any atom is 0.261 e. The van der Waals surface area contributed by atoms with Gasteiger partial charge in [-0.25, -0.2) is 0 Å². The standard InChI is InChI=1S/C45H57NO4Si2/c1-44(2,3)51(39-21-13-9-14-22-39,40-23-15-10-16-24-40)49-32-31-37(46-34-36-29-30-38(47-7)33-43(36)48-8)35-50-52(45(4,5)6,41-25-17-11-18-26-41)42-27-19-12-20-28-42/h9-30,33,37,46H,31-32,34-35H2,1-8H3/t37-/m0/s1. The topological polar surface area (TPSA) is 49.0 Å². The highest BCUT2D eigenvalue weighted by molar-refractivity contribution is 7.00. The Bertz CT molecular complexity index is 1730. The number of rotatable bonds is 16. The van der Waals surface area contributed by atoms with E-state index in [-0.39, 0.29) is 16.1 Å². The van der Waals surface area contributed by atoms with Crippen LogP contribution in [0.5, 0.6) is 11.5 Å². The van der Waals surface area contributed by atoms with E-state index in [1.54, 1.807) is 14.2 Å². The SMILES string of the molecule is COc1ccc(CN[C@@H](CCO[Si](c2ccccc2)(c2ccccc2)C(C)(C)C)CO[Si](c2ccccc2)(c2ccccc2)C(C)(C)C)c(OC)c1. The van der Waals surface area contributed by atoms with E-state index in [1.165, 1.54) is 20.7 Å². The predicted octanol–water partition coefficient (Wildman–Crippen LogP) is 7.71. The minimum atomic E-state index is -2.77. The summed E-state index contributed by atoms with van der Waals surface area (Å²) < 4.78 is 26.2. The first kappa shape index (κ1) is 39.2. The molecule has 1 atom stereocenters. The highest BCUT2D eigenvalue weighted by atomic mass is 28.4. The minimum Gasteiger partial charge on any atom is -0.497 e. The van der Waals surface area contributed by atoms with Gasteiger partial charge in [-0.2, -0.15) is 0 Å². The summed E-state index contributed by atoms with van der Waals surface area (Å²) in [6.07, 6.45) is 0.765. The molecule has 1 N–H and O–H groups in total. The van der Waals surface area contributed by atoms with Crippen LogP contribution >= 0.6 is 0 Å². The van der Waals surface area contributed by atoms with E-state index in [0.717, 1.165) is 23.5 Å². The van der Waals surface area contributed by atoms with Gasteiger partial charge in [-0.05, 0) is 43.3 Å². The molecule has 0 aliphatic rings. The fraction of sp³-hybridized carbons (Fsp3) is 0.333. The zero-order chi connectivity index (χ0) is 37.2. The Morgan fingerprint density at radius 3 is 1.35 bits per heavy atom. The molecule has 7 heteroatoms. The van der Waals surface area contributed by atoms with Crippen molar-refractivity contribution in [3.8, 4) is 11.5 Å². The molecule has 0 spiro atoms. The van der Waals surface area contributed by atoms with Gasteiger partial charge in [0.05, 0.1) is 20.8 Å². The Morgan fingerprint density at radius 2 is 0.962 bits per heavy atom. The summed E-state index contributed by atoms with van der Waals surface area (Å²) in [5.74, 6) is 1.56. The van der Waals surface area contributed by atoms with Crippen molar-refractivity contribution in [2.24, 2.45) is 0 Å². The fourth-order valence-electron chi connectivity index (χ4n) is 7.60.